The molecule has 1 saturated heterocycles. The van der Waals surface area contributed by atoms with Crippen LogP contribution in [0.5, 0.6) is 11.5 Å². The molecule has 5 rings (SSSR count). The smallest absolute Gasteiger partial charge is 0.355 e. The van der Waals surface area contributed by atoms with E-state index in [1.165, 1.54) is 28.0 Å². The maximum atomic E-state index is 13.4. The fourth-order valence-electron chi connectivity index (χ4n) is 4.23. The number of aromatic nitrogens is 1. The molecule has 0 spiro atoms. The molecule has 206 valence electrons. The van der Waals surface area contributed by atoms with Gasteiger partial charge in [0.2, 0.25) is 0 Å². The molecular weight excluding hydrogens is 550 g/mol. The van der Waals surface area contributed by atoms with Crippen molar-refractivity contribution in [2.24, 2.45) is 0 Å². The van der Waals surface area contributed by atoms with Gasteiger partial charge in [0.05, 0.1) is 18.3 Å². The van der Waals surface area contributed by atoms with E-state index in [9.17, 15) is 14.4 Å². The van der Waals surface area contributed by atoms with E-state index in [2.05, 4.69) is 10.3 Å². The number of hydrogen-bond donors (Lipinski definition) is 1. The summed E-state index contributed by atoms with van der Waals surface area (Å²) in [4.78, 5) is 45.9. The molecule has 2 aromatic carbocycles. The second-order valence-corrected chi connectivity index (χ2v) is 11.0. The SMILES string of the molecule is COc1ccc(COC(=O)C2=C(/C=C/c3scnc3C)CSC3C(NC(=O)COc4ccccc4)C(=O)N23)cc1. The van der Waals surface area contributed by atoms with E-state index in [-0.39, 0.29) is 24.8 Å². The van der Waals surface area contributed by atoms with Crippen molar-refractivity contribution in [2.75, 3.05) is 19.5 Å². The maximum absolute atomic E-state index is 13.4. The first-order chi connectivity index (χ1) is 19.4. The maximum Gasteiger partial charge on any atom is 0.355 e. The first-order valence-electron chi connectivity index (χ1n) is 12.5. The van der Waals surface area contributed by atoms with Crippen LogP contribution in [0.3, 0.4) is 0 Å². The molecule has 2 aliphatic rings. The zero-order chi connectivity index (χ0) is 28.1. The first kappa shape index (κ1) is 27.5. The summed E-state index contributed by atoms with van der Waals surface area (Å²) < 4.78 is 16.3. The van der Waals surface area contributed by atoms with Crippen LogP contribution in [-0.2, 0) is 25.7 Å². The molecule has 1 fully saturated rings. The van der Waals surface area contributed by atoms with Crippen molar-refractivity contribution in [3.05, 3.63) is 93.6 Å². The van der Waals surface area contributed by atoms with Gasteiger partial charge in [-0.1, -0.05) is 36.4 Å². The third-order valence-electron chi connectivity index (χ3n) is 6.37. The normalized spacial score (nSPS) is 18.2. The number of thiazole rings is 1. The van der Waals surface area contributed by atoms with Crippen LogP contribution in [0, 0.1) is 6.92 Å². The van der Waals surface area contributed by atoms with E-state index in [0.29, 0.717) is 22.8 Å². The lowest BCUT2D eigenvalue weighted by Crippen LogP contribution is -2.70. The minimum absolute atomic E-state index is 0.0358. The highest BCUT2D eigenvalue weighted by atomic mass is 32.2. The molecule has 0 bridgehead atoms. The van der Waals surface area contributed by atoms with Crippen LogP contribution in [0.2, 0.25) is 0 Å². The van der Waals surface area contributed by atoms with E-state index in [4.69, 9.17) is 14.2 Å². The molecule has 1 N–H and O–H groups in total. The number of methoxy groups -OCH3 is 1. The van der Waals surface area contributed by atoms with E-state index < -0.39 is 23.3 Å². The molecule has 40 heavy (non-hydrogen) atoms. The Kier molecular flexibility index (Phi) is 8.51. The number of nitrogens with zero attached hydrogens (tertiary/aromatic N) is 2. The number of β-lactam (4-membered cyclic amide) rings is 1. The summed E-state index contributed by atoms with van der Waals surface area (Å²) >= 11 is 2.97. The minimum atomic E-state index is -0.768. The second kappa shape index (κ2) is 12.4. The molecule has 3 heterocycles. The Hall–Kier alpha value is -4.09. The summed E-state index contributed by atoms with van der Waals surface area (Å²) in [5, 5.41) is 2.32. The van der Waals surface area contributed by atoms with Crippen LogP contribution in [0.15, 0.2) is 77.5 Å². The summed E-state index contributed by atoms with van der Waals surface area (Å²) in [5.74, 6) is 0.325. The van der Waals surface area contributed by atoms with Gasteiger partial charge in [-0.25, -0.2) is 9.78 Å². The molecule has 2 atom stereocenters. The van der Waals surface area contributed by atoms with Crippen molar-refractivity contribution < 1.29 is 28.6 Å². The summed E-state index contributed by atoms with van der Waals surface area (Å²) in [6.07, 6.45) is 3.73. The van der Waals surface area contributed by atoms with Crippen molar-refractivity contribution in [2.45, 2.75) is 24.9 Å². The van der Waals surface area contributed by atoms with Gasteiger partial charge < -0.3 is 19.5 Å². The highest BCUT2D eigenvalue weighted by Gasteiger charge is 2.54. The lowest BCUT2D eigenvalue weighted by Gasteiger charge is -2.49. The van der Waals surface area contributed by atoms with Crippen molar-refractivity contribution in [3.63, 3.8) is 0 Å². The van der Waals surface area contributed by atoms with Crippen molar-refractivity contribution in [1.29, 1.82) is 0 Å². The molecule has 1 aromatic heterocycles. The Morgan fingerprint density at radius 2 is 1.88 bits per heavy atom. The number of para-hydroxylation sites is 1. The Labute approximate surface area is 239 Å². The number of thioether (sulfide) groups is 1. The summed E-state index contributed by atoms with van der Waals surface area (Å²) in [6.45, 7) is 1.72. The molecule has 11 heteroatoms. The van der Waals surface area contributed by atoms with Crippen LogP contribution in [-0.4, -0.2) is 58.6 Å². The van der Waals surface area contributed by atoms with Crippen LogP contribution >= 0.6 is 23.1 Å². The fraction of sp³-hybridized carbons (Fsp3) is 0.241. The average molecular weight is 578 g/mol. The average Bonchev–Trinajstić information content (AvgIpc) is 3.41. The van der Waals surface area contributed by atoms with Crippen LogP contribution in [0.4, 0.5) is 0 Å². The predicted molar refractivity (Wildman–Crippen MR) is 153 cm³/mol. The van der Waals surface area contributed by atoms with Crippen molar-refractivity contribution in [3.8, 4) is 11.5 Å². The minimum Gasteiger partial charge on any atom is -0.497 e. The number of carbonyl (C=O) groups is 3. The number of aryl methyl sites for hydroxylation is 1. The largest absolute Gasteiger partial charge is 0.497 e. The monoisotopic (exact) mass is 577 g/mol. The molecule has 0 radical (unpaired) electrons. The molecule has 0 saturated carbocycles. The number of fused-ring (bicyclic) bond motifs is 1. The summed E-state index contributed by atoms with van der Waals surface area (Å²) in [7, 11) is 1.58. The zero-order valence-corrected chi connectivity index (χ0v) is 23.5. The predicted octanol–water partition coefficient (Wildman–Crippen LogP) is 3.95. The fourth-order valence-corrected chi connectivity index (χ4v) is 6.24. The number of esters is 1. The van der Waals surface area contributed by atoms with Gasteiger partial charge in [0.25, 0.3) is 11.8 Å². The number of amides is 2. The Morgan fingerprint density at radius 3 is 2.58 bits per heavy atom. The molecular formula is C29H27N3O6S2. The lowest BCUT2D eigenvalue weighted by atomic mass is 10.0. The second-order valence-electron chi connectivity index (χ2n) is 8.99. The number of hydrogen-bond acceptors (Lipinski definition) is 9. The van der Waals surface area contributed by atoms with E-state index in [0.717, 1.165) is 16.1 Å². The molecule has 9 nitrogen and oxygen atoms in total. The topological polar surface area (TPSA) is 107 Å². The third-order valence-corrected chi connectivity index (χ3v) is 8.57. The highest BCUT2D eigenvalue weighted by molar-refractivity contribution is 8.00. The summed E-state index contributed by atoms with van der Waals surface area (Å²) in [5.41, 5.74) is 4.28. The standard InChI is InChI=1S/C29H27N3O6S2/c1-18-23(40-17-30-18)13-10-20-16-39-28-25(31-24(33)15-37-22-6-4-3-5-7-22)27(34)32(28)26(20)29(35)38-14-19-8-11-21(36-2)12-9-19/h3-13,17,25,28H,14-16H2,1-2H3,(H,31,33)/b13-10+. The molecule has 0 aliphatic carbocycles. The van der Waals surface area contributed by atoms with Gasteiger partial charge in [0.1, 0.15) is 35.2 Å². The van der Waals surface area contributed by atoms with Gasteiger partial charge in [0, 0.05) is 10.6 Å². The third kappa shape index (κ3) is 6.05. The van der Waals surface area contributed by atoms with Crippen LogP contribution in [0.1, 0.15) is 16.1 Å². The van der Waals surface area contributed by atoms with Gasteiger partial charge >= 0.3 is 5.97 Å². The number of benzene rings is 2. The van der Waals surface area contributed by atoms with E-state index in [1.807, 2.05) is 49.4 Å². The van der Waals surface area contributed by atoms with E-state index >= 15 is 0 Å². The molecule has 3 aromatic rings. The van der Waals surface area contributed by atoms with Gasteiger partial charge in [-0.3, -0.25) is 14.5 Å². The molecule has 2 aliphatic heterocycles. The van der Waals surface area contributed by atoms with Crippen LogP contribution in [0.25, 0.3) is 6.08 Å². The van der Waals surface area contributed by atoms with Gasteiger partial charge in [-0.05, 0) is 48.4 Å². The first-order valence-corrected chi connectivity index (χ1v) is 14.4. The quantitative estimate of drug-likeness (QED) is 0.285. The number of carbonyl (C=O) groups excluding carboxylic acids is 3. The van der Waals surface area contributed by atoms with Crippen molar-refractivity contribution in [1.82, 2.24) is 15.2 Å². The molecule has 2 amide bonds. The van der Waals surface area contributed by atoms with Crippen LogP contribution < -0.4 is 14.8 Å². The Balaban J connectivity index is 1.31. The van der Waals surface area contributed by atoms with Crippen molar-refractivity contribution >= 4 is 47.0 Å². The van der Waals surface area contributed by atoms with Gasteiger partial charge in [-0.2, -0.15) is 0 Å². The number of rotatable bonds is 10. The van der Waals surface area contributed by atoms with Gasteiger partial charge in [0.15, 0.2) is 6.61 Å². The number of ether oxygens (including phenoxy) is 3. The molecule has 2 unspecified atom stereocenters. The summed E-state index contributed by atoms with van der Waals surface area (Å²) in [6, 6.07) is 15.4. The number of allylic oxidation sites excluding steroid dienone is 1. The van der Waals surface area contributed by atoms with E-state index in [1.54, 1.807) is 36.9 Å². The van der Waals surface area contributed by atoms with Gasteiger partial charge in [-0.15, -0.1) is 23.1 Å². The number of nitrogens with one attached hydrogen (secondary N) is 1. The zero-order valence-electron chi connectivity index (χ0n) is 21.9. The highest BCUT2D eigenvalue weighted by Crippen LogP contribution is 2.41. The Bertz CT molecular complexity index is 1450. The lowest BCUT2D eigenvalue weighted by molar-refractivity contribution is -0.153. The Morgan fingerprint density at radius 1 is 1.10 bits per heavy atom.